The van der Waals surface area contributed by atoms with Gasteiger partial charge in [0.1, 0.15) is 6.04 Å². The zero-order chi connectivity index (χ0) is 20.3. The van der Waals surface area contributed by atoms with Crippen LogP contribution in [0.5, 0.6) is 0 Å². The second-order valence-electron chi connectivity index (χ2n) is 6.75. The predicted octanol–water partition coefficient (Wildman–Crippen LogP) is 1.67. The number of hydrogen-bond donors (Lipinski definition) is 4. The quantitative estimate of drug-likeness (QED) is 0.560. The summed E-state index contributed by atoms with van der Waals surface area (Å²) in [5, 5.41) is 13.7. The molecular formula is C19H22N4O4S. The monoisotopic (exact) mass is 402 g/mol. The minimum atomic E-state index is -3.77. The average molecular weight is 402 g/mol. The topological polar surface area (TPSA) is 130 Å². The van der Waals surface area contributed by atoms with Crippen LogP contribution in [-0.4, -0.2) is 32.3 Å². The van der Waals surface area contributed by atoms with Gasteiger partial charge in [0.25, 0.3) is 5.91 Å². The lowest BCUT2D eigenvalue weighted by Gasteiger charge is -2.16. The van der Waals surface area contributed by atoms with Gasteiger partial charge in [0.05, 0.1) is 4.90 Å². The summed E-state index contributed by atoms with van der Waals surface area (Å²) in [7, 11) is -3.77. The van der Waals surface area contributed by atoms with Crippen molar-refractivity contribution in [2.24, 2.45) is 5.14 Å². The Bertz CT molecular complexity index is 968. The number of carbonyl (C=O) groups is 2. The van der Waals surface area contributed by atoms with Crippen LogP contribution in [0.25, 0.3) is 0 Å². The van der Waals surface area contributed by atoms with Crippen LogP contribution in [0.15, 0.2) is 53.4 Å². The highest BCUT2D eigenvalue weighted by Crippen LogP contribution is 2.20. The van der Waals surface area contributed by atoms with Crippen molar-refractivity contribution in [1.82, 2.24) is 5.32 Å². The summed E-state index contributed by atoms with van der Waals surface area (Å²) >= 11 is 0. The van der Waals surface area contributed by atoms with E-state index in [1.165, 1.54) is 24.3 Å². The molecule has 2 aromatic rings. The first-order valence-electron chi connectivity index (χ1n) is 8.83. The zero-order valence-corrected chi connectivity index (χ0v) is 16.1. The van der Waals surface area contributed by atoms with E-state index in [1.54, 1.807) is 31.2 Å². The van der Waals surface area contributed by atoms with Crippen molar-refractivity contribution in [1.29, 1.82) is 0 Å². The zero-order valence-electron chi connectivity index (χ0n) is 15.3. The number of benzene rings is 2. The van der Waals surface area contributed by atoms with E-state index in [9.17, 15) is 18.0 Å². The van der Waals surface area contributed by atoms with Gasteiger partial charge in [-0.3, -0.25) is 9.59 Å². The van der Waals surface area contributed by atoms with Gasteiger partial charge in [0.2, 0.25) is 15.9 Å². The molecule has 2 aromatic carbocycles. The van der Waals surface area contributed by atoms with E-state index in [0.717, 1.165) is 12.8 Å². The molecule has 0 aliphatic heterocycles. The molecule has 3 rings (SSSR count). The lowest BCUT2D eigenvalue weighted by atomic mass is 10.1. The third kappa shape index (κ3) is 5.30. The molecule has 2 amide bonds. The molecule has 1 fully saturated rings. The Morgan fingerprint density at radius 3 is 2.11 bits per heavy atom. The molecule has 5 N–H and O–H groups in total. The van der Waals surface area contributed by atoms with Crippen molar-refractivity contribution in [3.05, 3.63) is 54.1 Å². The third-order valence-electron chi connectivity index (χ3n) is 4.29. The highest BCUT2D eigenvalue weighted by molar-refractivity contribution is 7.89. The maximum Gasteiger partial charge on any atom is 0.251 e. The van der Waals surface area contributed by atoms with Crippen molar-refractivity contribution >= 4 is 33.2 Å². The van der Waals surface area contributed by atoms with E-state index in [2.05, 4.69) is 16.0 Å². The van der Waals surface area contributed by atoms with Crippen LogP contribution in [0.3, 0.4) is 0 Å². The van der Waals surface area contributed by atoms with Crippen molar-refractivity contribution < 1.29 is 18.0 Å². The number of rotatable bonds is 7. The SMILES string of the molecule is CC(Nc1ccc(C(=O)NC2CC2)cc1)C(=O)Nc1ccc(S(N)(=O)=O)cc1. The Hall–Kier alpha value is -2.91. The summed E-state index contributed by atoms with van der Waals surface area (Å²) in [6.07, 6.45) is 2.06. The number of primary sulfonamides is 1. The van der Waals surface area contributed by atoms with Crippen LogP contribution in [0.4, 0.5) is 11.4 Å². The fourth-order valence-electron chi connectivity index (χ4n) is 2.51. The van der Waals surface area contributed by atoms with Gasteiger partial charge in [0, 0.05) is 23.0 Å². The second kappa shape index (κ2) is 7.99. The number of sulfonamides is 1. The Kier molecular flexibility index (Phi) is 5.66. The van der Waals surface area contributed by atoms with Crippen LogP contribution in [0, 0.1) is 0 Å². The molecule has 0 aromatic heterocycles. The van der Waals surface area contributed by atoms with Gasteiger partial charge in [-0.2, -0.15) is 0 Å². The highest BCUT2D eigenvalue weighted by atomic mass is 32.2. The van der Waals surface area contributed by atoms with Crippen LogP contribution in [-0.2, 0) is 14.8 Å². The van der Waals surface area contributed by atoms with Gasteiger partial charge < -0.3 is 16.0 Å². The summed E-state index contributed by atoms with van der Waals surface area (Å²) in [5.41, 5.74) is 1.73. The van der Waals surface area contributed by atoms with E-state index in [0.29, 0.717) is 23.0 Å². The summed E-state index contributed by atoms with van der Waals surface area (Å²) in [5.74, 6) is -0.387. The van der Waals surface area contributed by atoms with E-state index in [4.69, 9.17) is 5.14 Å². The lowest BCUT2D eigenvalue weighted by Crippen LogP contribution is -2.32. The number of anilines is 2. The fourth-order valence-corrected chi connectivity index (χ4v) is 3.02. The molecule has 1 atom stereocenters. The van der Waals surface area contributed by atoms with Crippen molar-refractivity contribution in [3.8, 4) is 0 Å². The lowest BCUT2D eigenvalue weighted by molar-refractivity contribution is -0.116. The predicted molar refractivity (Wildman–Crippen MR) is 106 cm³/mol. The molecule has 0 heterocycles. The van der Waals surface area contributed by atoms with Crippen LogP contribution < -0.4 is 21.1 Å². The van der Waals surface area contributed by atoms with E-state index in [-0.39, 0.29) is 16.7 Å². The molecule has 0 spiro atoms. The first kappa shape index (κ1) is 19.8. The maximum absolute atomic E-state index is 12.3. The molecule has 8 nitrogen and oxygen atoms in total. The Labute approximate surface area is 163 Å². The number of nitrogens with two attached hydrogens (primary N) is 1. The number of carbonyl (C=O) groups excluding carboxylic acids is 2. The highest BCUT2D eigenvalue weighted by Gasteiger charge is 2.23. The van der Waals surface area contributed by atoms with E-state index >= 15 is 0 Å². The summed E-state index contributed by atoms with van der Waals surface area (Å²) in [6.45, 7) is 1.70. The molecule has 148 valence electrons. The molecule has 1 unspecified atom stereocenters. The number of hydrogen-bond acceptors (Lipinski definition) is 5. The Morgan fingerprint density at radius 2 is 1.57 bits per heavy atom. The van der Waals surface area contributed by atoms with Gasteiger partial charge >= 0.3 is 0 Å². The van der Waals surface area contributed by atoms with Crippen LogP contribution >= 0.6 is 0 Å². The molecular weight excluding hydrogens is 380 g/mol. The van der Waals surface area contributed by atoms with Crippen molar-refractivity contribution in [2.75, 3.05) is 10.6 Å². The molecule has 28 heavy (non-hydrogen) atoms. The van der Waals surface area contributed by atoms with Gasteiger partial charge in [-0.25, -0.2) is 13.6 Å². The smallest absolute Gasteiger partial charge is 0.251 e. The average Bonchev–Trinajstić information content (AvgIpc) is 3.46. The molecule has 1 aliphatic carbocycles. The van der Waals surface area contributed by atoms with E-state index in [1.807, 2.05) is 0 Å². The summed E-state index contributed by atoms with van der Waals surface area (Å²) < 4.78 is 22.5. The van der Waals surface area contributed by atoms with Gasteiger partial charge in [-0.1, -0.05) is 0 Å². The molecule has 0 saturated heterocycles. The van der Waals surface area contributed by atoms with Crippen molar-refractivity contribution in [3.63, 3.8) is 0 Å². The first-order chi connectivity index (χ1) is 13.2. The minimum absolute atomic E-state index is 0.0255. The maximum atomic E-state index is 12.3. The van der Waals surface area contributed by atoms with Crippen molar-refractivity contribution in [2.45, 2.75) is 36.7 Å². The second-order valence-corrected chi connectivity index (χ2v) is 8.31. The van der Waals surface area contributed by atoms with Gasteiger partial charge in [-0.15, -0.1) is 0 Å². The number of amides is 2. The molecule has 1 aliphatic rings. The van der Waals surface area contributed by atoms with Crippen LogP contribution in [0.2, 0.25) is 0 Å². The fraction of sp³-hybridized carbons (Fsp3) is 0.263. The Balaban J connectivity index is 1.55. The van der Waals surface area contributed by atoms with Crippen LogP contribution in [0.1, 0.15) is 30.1 Å². The number of nitrogens with one attached hydrogen (secondary N) is 3. The molecule has 1 saturated carbocycles. The summed E-state index contributed by atoms with van der Waals surface area (Å²) in [6, 6.07) is 12.2. The molecule has 0 bridgehead atoms. The third-order valence-corrected chi connectivity index (χ3v) is 5.22. The largest absolute Gasteiger partial charge is 0.374 e. The van der Waals surface area contributed by atoms with E-state index < -0.39 is 16.1 Å². The van der Waals surface area contributed by atoms with Gasteiger partial charge in [0.15, 0.2) is 0 Å². The van der Waals surface area contributed by atoms with Gasteiger partial charge in [-0.05, 0) is 68.3 Å². The first-order valence-corrected chi connectivity index (χ1v) is 10.4. The normalized spacial score (nSPS) is 14.8. The minimum Gasteiger partial charge on any atom is -0.374 e. The molecule has 9 heteroatoms. The standard InChI is InChI=1S/C19H22N4O4S/c1-12(18(24)22-16-8-10-17(11-9-16)28(20,26)27)21-14-4-2-13(3-5-14)19(25)23-15-6-7-15/h2-5,8-12,15,21H,6-7H2,1H3,(H,22,24)(H,23,25)(H2,20,26,27). The summed E-state index contributed by atoms with van der Waals surface area (Å²) in [4.78, 5) is 24.3. The Morgan fingerprint density at radius 1 is 1.00 bits per heavy atom. The molecule has 0 radical (unpaired) electrons.